The maximum atomic E-state index is 11.2. The van der Waals surface area contributed by atoms with Gasteiger partial charge in [0.15, 0.2) is 0 Å². The van der Waals surface area contributed by atoms with Crippen LogP contribution in [0.15, 0.2) is 47.3 Å². The topological polar surface area (TPSA) is 110 Å². The van der Waals surface area contributed by atoms with Crippen LogP contribution in [0.5, 0.6) is 0 Å². The molecule has 10 heteroatoms. The number of nitrogens with two attached hydrogens (primary N) is 1. The van der Waals surface area contributed by atoms with Crippen LogP contribution >= 0.6 is 39.3 Å². The quantitative estimate of drug-likeness (QED) is 0.317. The molecular weight excluding hydrogens is 526 g/mol. The molecule has 1 saturated heterocycles. The molecule has 1 aliphatic carbocycles. The van der Waals surface area contributed by atoms with E-state index < -0.39 is 12.2 Å². The zero-order chi connectivity index (χ0) is 22.9. The molecule has 6 rings (SSSR count). The highest BCUT2D eigenvalue weighted by Gasteiger charge is 2.56. The SMILES string of the molecule is Nc1ncnc2c1ccn2[C@@H]1C[C@@]2(CS[C@@H](c3ccc4cc(Br)c(Cl)nc4c3)C2)[C@@H](O)[C@H]1O. The maximum absolute atomic E-state index is 11.2. The molecule has 1 spiro atoms. The van der Waals surface area contributed by atoms with Crippen LogP contribution in [0, 0.1) is 5.41 Å². The van der Waals surface area contributed by atoms with Crippen LogP contribution in [-0.2, 0) is 0 Å². The average molecular weight is 547 g/mol. The van der Waals surface area contributed by atoms with E-state index in [9.17, 15) is 10.2 Å². The number of anilines is 1. The standard InChI is InChI=1S/C23H21BrClN5O2S/c24-14-5-11-1-2-12(6-15(11)29-20(14)25)17-8-23(9-33-17)7-16(18(31)19(23)32)30-4-3-13-21(26)27-10-28-22(13)30/h1-6,10,16-19,31-32H,7-9H2,(H2,26,27,28)/t16-,17-,18+,19+,23-/m1/s1. The number of aromatic nitrogens is 4. The van der Waals surface area contributed by atoms with Gasteiger partial charge in [-0.25, -0.2) is 15.0 Å². The molecule has 170 valence electrons. The summed E-state index contributed by atoms with van der Waals surface area (Å²) in [6.07, 6.45) is 3.05. The van der Waals surface area contributed by atoms with E-state index in [1.54, 1.807) is 0 Å². The molecule has 1 saturated carbocycles. The Bertz CT molecular complexity index is 1400. The molecule has 2 aliphatic rings. The van der Waals surface area contributed by atoms with Crippen LogP contribution in [0.2, 0.25) is 5.15 Å². The lowest BCUT2D eigenvalue weighted by atomic mass is 9.80. The number of hydrogen-bond acceptors (Lipinski definition) is 7. The number of fused-ring (bicyclic) bond motifs is 2. The van der Waals surface area contributed by atoms with Crippen molar-refractivity contribution in [3.8, 4) is 0 Å². The van der Waals surface area contributed by atoms with Gasteiger partial charge in [0, 0.05) is 28.0 Å². The van der Waals surface area contributed by atoms with Gasteiger partial charge in [0.1, 0.15) is 29.0 Å². The Balaban J connectivity index is 1.30. The summed E-state index contributed by atoms with van der Waals surface area (Å²) >= 11 is 11.5. The monoisotopic (exact) mass is 545 g/mol. The molecule has 4 heterocycles. The average Bonchev–Trinajstić information content (AvgIpc) is 3.48. The van der Waals surface area contributed by atoms with Gasteiger partial charge in [-0.05, 0) is 52.5 Å². The highest BCUT2D eigenvalue weighted by molar-refractivity contribution is 9.10. The molecule has 0 unspecified atom stereocenters. The first-order valence-corrected chi connectivity index (χ1v) is 12.9. The number of thioether (sulfide) groups is 1. The summed E-state index contributed by atoms with van der Waals surface area (Å²) in [5, 5.41) is 24.7. The first-order chi connectivity index (χ1) is 15.9. The van der Waals surface area contributed by atoms with Crippen molar-refractivity contribution in [1.29, 1.82) is 0 Å². The smallest absolute Gasteiger partial charge is 0.145 e. The van der Waals surface area contributed by atoms with Gasteiger partial charge in [-0.2, -0.15) is 11.8 Å². The third kappa shape index (κ3) is 3.36. The van der Waals surface area contributed by atoms with Crippen LogP contribution in [0.1, 0.15) is 29.7 Å². The molecular formula is C23H21BrClN5O2S. The molecule has 7 nitrogen and oxygen atoms in total. The lowest BCUT2D eigenvalue weighted by molar-refractivity contribution is -0.0204. The van der Waals surface area contributed by atoms with Crippen LogP contribution in [-0.4, -0.2) is 47.7 Å². The lowest BCUT2D eigenvalue weighted by Gasteiger charge is -2.27. The molecule has 0 bridgehead atoms. The molecule has 4 N–H and O–H groups in total. The van der Waals surface area contributed by atoms with Crippen molar-refractivity contribution in [2.24, 2.45) is 5.41 Å². The van der Waals surface area contributed by atoms with Crippen LogP contribution in [0.4, 0.5) is 5.82 Å². The highest BCUT2D eigenvalue weighted by atomic mass is 79.9. The third-order valence-electron chi connectivity index (χ3n) is 7.15. The minimum atomic E-state index is -0.884. The Morgan fingerprint density at radius 1 is 1.18 bits per heavy atom. The Morgan fingerprint density at radius 2 is 2.03 bits per heavy atom. The van der Waals surface area contributed by atoms with Gasteiger partial charge in [-0.3, -0.25) is 0 Å². The fraction of sp³-hybridized carbons (Fsp3) is 0.348. The van der Waals surface area contributed by atoms with Crippen LogP contribution < -0.4 is 5.73 Å². The molecule has 1 aliphatic heterocycles. The summed E-state index contributed by atoms with van der Waals surface area (Å²) < 4.78 is 2.71. The summed E-state index contributed by atoms with van der Waals surface area (Å²) in [7, 11) is 0. The molecule has 4 aromatic rings. The fourth-order valence-corrected chi connectivity index (χ4v) is 7.61. The van der Waals surface area contributed by atoms with Crippen molar-refractivity contribution in [2.75, 3.05) is 11.5 Å². The number of nitrogens with zero attached hydrogens (tertiary/aromatic N) is 4. The van der Waals surface area contributed by atoms with Crippen molar-refractivity contribution >= 4 is 67.0 Å². The highest BCUT2D eigenvalue weighted by Crippen LogP contribution is 2.59. The number of halogens is 2. The molecule has 1 aromatic carbocycles. The molecule has 3 aromatic heterocycles. The summed E-state index contributed by atoms with van der Waals surface area (Å²) in [5.74, 6) is 1.19. The Kier molecular flexibility index (Phi) is 5.12. The van der Waals surface area contributed by atoms with E-state index in [-0.39, 0.29) is 16.7 Å². The van der Waals surface area contributed by atoms with Gasteiger partial charge in [-0.15, -0.1) is 0 Å². The van der Waals surface area contributed by atoms with Gasteiger partial charge >= 0.3 is 0 Å². The predicted octanol–water partition coefficient (Wildman–Crippen LogP) is 4.51. The molecule has 5 atom stereocenters. The number of benzene rings is 1. The Hall–Kier alpha value is -1.91. The molecule has 0 amide bonds. The second-order valence-corrected chi connectivity index (χ2v) is 11.4. The lowest BCUT2D eigenvalue weighted by Crippen LogP contribution is -2.36. The summed E-state index contributed by atoms with van der Waals surface area (Å²) in [5.41, 5.74) is 8.30. The second kappa shape index (κ2) is 7.81. The minimum Gasteiger partial charge on any atom is -0.390 e. The largest absolute Gasteiger partial charge is 0.390 e. The first-order valence-electron chi connectivity index (χ1n) is 10.7. The zero-order valence-electron chi connectivity index (χ0n) is 17.4. The van der Waals surface area contributed by atoms with Crippen molar-refractivity contribution in [1.82, 2.24) is 19.5 Å². The van der Waals surface area contributed by atoms with E-state index in [0.29, 0.717) is 23.0 Å². The number of hydrogen-bond donors (Lipinski definition) is 3. The maximum Gasteiger partial charge on any atom is 0.145 e. The normalized spacial score (nSPS) is 29.6. The van der Waals surface area contributed by atoms with Gasteiger partial charge in [-0.1, -0.05) is 23.7 Å². The number of pyridine rings is 1. The van der Waals surface area contributed by atoms with Crippen LogP contribution in [0.25, 0.3) is 21.9 Å². The summed E-state index contributed by atoms with van der Waals surface area (Å²) in [6.45, 7) is 0. The fourth-order valence-electron chi connectivity index (χ4n) is 5.40. The number of rotatable bonds is 2. The van der Waals surface area contributed by atoms with E-state index in [2.05, 4.69) is 49.1 Å². The second-order valence-electron chi connectivity index (χ2n) is 9.01. The van der Waals surface area contributed by atoms with Gasteiger partial charge < -0.3 is 20.5 Å². The predicted molar refractivity (Wildman–Crippen MR) is 134 cm³/mol. The van der Waals surface area contributed by atoms with Crippen molar-refractivity contribution in [2.45, 2.75) is 36.3 Å². The molecule has 2 fully saturated rings. The minimum absolute atomic E-state index is 0.207. The number of nitrogen functional groups attached to an aromatic ring is 1. The third-order valence-corrected chi connectivity index (χ3v) is 9.85. The molecule has 33 heavy (non-hydrogen) atoms. The summed E-state index contributed by atoms with van der Waals surface area (Å²) in [6, 6.07) is 9.82. The van der Waals surface area contributed by atoms with Gasteiger partial charge in [0.2, 0.25) is 0 Å². The van der Waals surface area contributed by atoms with E-state index in [0.717, 1.165) is 38.5 Å². The van der Waals surface area contributed by atoms with E-state index in [1.165, 1.54) is 6.33 Å². The van der Waals surface area contributed by atoms with E-state index >= 15 is 0 Å². The van der Waals surface area contributed by atoms with Crippen LogP contribution in [0.3, 0.4) is 0 Å². The Morgan fingerprint density at radius 3 is 2.88 bits per heavy atom. The number of aliphatic hydroxyl groups excluding tert-OH is 2. The van der Waals surface area contributed by atoms with Crippen molar-refractivity contribution in [3.63, 3.8) is 0 Å². The zero-order valence-corrected chi connectivity index (χ0v) is 20.6. The molecule has 0 radical (unpaired) electrons. The summed E-state index contributed by atoms with van der Waals surface area (Å²) in [4.78, 5) is 12.9. The van der Waals surface area contributed by atoms with Gasteiger partial charge in [0.25, 0.3) is 0 Å². The van der Waals surface area contributed by atoms with Gasteiger partial charge in [0.05, 0.1) is 27.5 Å². The van der Waals surface area contributed by atoms with E-state index in [1.807, 2.05) is 34.7 Å². The van der Waals surface area contributed by atoms with Crippen molar-refractivity contribution < 1.29 is 10.2 Å². The first kappa shape index (κ1) is 21.6. The number of aliphatic hydroxyl groups is 2. The van der Waals surface area contributed by atoms with E-state index in [4.69, 9.17) is 17.3 Å². The van der Waals surface area contributed by atoms with Crippen molar-refractivity contribution in [3.05, 3.63) is 58.0 Å². The Labute approximate surface area is 207 Å².